The van der Waals surface area contributed by atoms with Crippen LogP contribution >= 0.6 is 0 Å². The van der Waals surface area contributed by atoms with Gasteiger partial charge in [-0.05, 0) is 19.3 Å². The van der Waals surface area contributed by atoms with Gasteiger partial charge in [0.25, 0.3) is 0 Å². The van der Waals surface area contributed by atoms with E-state index in [1.807, 2.05) is 20.8 Å². The maximum atomic E-state index is 11.9. The number of carbonyl (C=O) groups is 1. The van der Waals surface area contributed by atoms with Crippen molar-refractivity contribution in [2.45, 2.75) is 58.1 Å². The third kappa shape index (κ3) is 3.35. The minimum atomic E-state index is -0.505. The third-order valence-corrected chi connectivity index (χ3v) is 3.52. The lowest BCUT2D eigenvalue weighted by Crippen LogP contribution is -2.34. The average molecular weight is 266 g/mol. The summed E-state index contributed by atoms with van der Waals surface area (Å²) in [4.78, 5) is 16.0. The number of hydrogen-bond acceptors (Lipinski definition) is 4. The summed E-state index contributed by atoms with van der Waals surface area (Å²) in [6.07, 6.45) is 3.57. The second kappa shape index (κ2) is 5.33. The van der Waals surface area contributed by atoms with Crippen LogP contribution in [0.1, 0.15) is 51.7 Å². The van der Waals surface area contributed by atoms with Crippen molar-refractivity contribution in [2.24, 2.45) is 5.92 Å². The number of carbonyl (C=O) groups excluding carboxylic acids is 1. The van der Waals surface area contributed by atoms with E-state index in [-0.39, 0.29) is 23.8 Å². The van der Waals surface area contributed by atoms with E-state index in [1.54, 1.807) is 6.20 Å². The molecule has 1 aliphatic rings. The molecule has 2 rings (SSSR count). The summed E-state index contributed by atoms with van der Waals surface area (Å²) in [5, 5.41) is 12.4. The Bertz CT molecular complexity index is 448. The fourth-order valence-corrected chi connectivity index (χ4v) is 2.28. The van der Waals surface area contributed by atoms with Crippen LogP contribution in [0.2, 0.25) is 0 Å². The first-order valence-corrected chi connectivity index (χ1v) is 6.79. The first kappa shape index (κ1) is 14.1. The zero-order valence-corrected chi connectivity index (χ0v) is 11.8. The second-order valence-corrected chi connectivity index (χ2v) is 6.19. The normalized spacial score (nSPS) is 23.6. The molecule has 19 heavy (non-hydrogen) atoms. The molecule has 2 N–H and O–H groups in total. The van der Waals surface area contributed by atoms with E-state index in [4.69, 9.17) is 4.42 Å². The lowest BCUT2D eigenvalue weighted by atomic mass is 9.94. The smallest absolute Gasteiger partial charge is 0.226 e. The first-order chi connectivity index (χ1) is 8.88. The minimum Gasteiger partial charge on any atom is -0.443 e. The highest BCUT2D eigenvalue weighted by molar-refractivity contribution is 5.79. The van der Waals surface area contributed by atoms with Gasteiger partial charge in [-0.25, -0.2) is 4.98 Å². The predicted octanol–water partition coefficient (Wildman–Crippen LogP) is 1.75. The molecule has 1 fully saturated rings. The van der Waals surface area contributed by atoms with Crippen molar-refractivity contribution < 1.29 is 14.3 Å². The number of amides is 1. The van der Waals surface area contributed by atoms with Crippen LogP contribution in [-0.2, 0) is 16.8 Å². The Kier molecular flexibility index (Phi) is 3.94. The highest BCUT2D eigenvalue weighted by Crippen LogP contribution is 2.26. The number of rotatable bonds is 3. The van der Waals surface area contributed by atoms with E-state index in [0.29, 0.717) is 12.3 Å². The first-order valence-electron chi connectivity index (χ1n) is 6.79. The largest absolute Gasteiger partial charge is 0.443 e. The maximum absolute atomic E-state index is 11.9. The van der Waals surface area contributed by atoms with E-state index >= 15 is 0 Å². The molecular weight excluding hydrogens is 244 g/mol. The van der Waals surface area contributed by atoms with Gasteiger partial charge >= 0.3 is 0 Å². The summed E-state index contributed by atoms with van der Waals surface area (Å²) in [5.41, 5.74) is -0.0864. The van der Waals surface area contributed by atoms with Gasteiger partial charge in [-0.15, -0.1) is 0 Å². The quantitative estimate of drug-likeness (QED) is 0.874. The molecule has 2 atom stereocenters. The molecule has 1 aromatic rings. The van der Waals surface area contributed by atoms with Gasteiger partial charge in [0.1, 0.15) is 5.76 Å². The second-order valence-electron chi connectivity index (χ2n) is 6.19. The van der Waals surface area contributed by atoms with E-state index in [1.165, 1.54) is 0 Å². The van der Waals surface area contributed by atoms with Crippen molar-refractivity contribution in [3.63, 3.8) is 0 Å². The molecule has 0 spiro atoms. The number of oxazole rings is 1. The Morgan fingerprint density at radius 2 is 2.26 bits per heavy atom. The molecule has 0 saturated heterocycles. The fraction of sp³-hybridized carbons (Fsp3) is 0.714. The highest BCUT2D eigenvalue weighted by Gasteiger charge is 2.31. The monoisotopic (exact) mass is 266 g/mol. The minimum absolute atomic E-state index is 0.0864. The zero-order valence-electron chi connectivity index (χ0n) is 11.8. The van der Waals surface area contributed by atoms with Crippen LogP contribution in [0.25, 0.3) is 0 Å². The Hall–Kier alpha value is -1.36. The van der Waals surface area contributed by atoms with Gasteiger partial charge in [0.05, 0.1) is 24.8 Å². The predicted molar refractivity (Wildman–Crippen MR) is 70.4 cm³/mol. The summed E-state index contributed by atoms with van der Waals surface area (Å²) in [6, 6.07) is 0. The molecule has 1 saturated carbocycles. The van der Waals surface area contributed by atoms with Gasteiger partial charge in [-0.2, -0.15) is 0 Å². The molecule has 1 amide bonds. The third-order valence-electron chi connectivity index (χ3n) is 3.52. The van der Waals surface area contributed by atoms with Crippen molar-refractivity contribution in [3.05, 3.63) is 17.8 Å². The van der Waals surface area contributed by atoms with Gasteiger partial charge in [-0.1, -0.05) is 20.8 Å². The van der Waals surface area contributed by atoms with Crippen molar-refractivity contribution >= 4 is 5.91 Å². The van der Waals surface area contributed by atoms with E-state index in [2.05, 4.69) is 10.3 Å². The maximum Gasteiger partial charge on any atom is 0.226 e. The van der Waals surface area contributed by atoms with Crippen LogP contribution in [0, 0.1) is 5.92 Å². The number of nitrogens with zero attached hydrogens (tertiary/aromatic N) is 1. The molecule has 1 aliphatic carbocycles. The molecular formula is C14H22N2O3. The summed E-state index contributed by atoms with van der Waals surface area (Å²) >= 11 is 0. The van der Waals surface area contributed by atoms with Gasteiger partial charge in [0.15, 0.2) is 0 Å². The topological polar surface area (TPSA) is 75.4 Å². The van der Waals surface area contributed by atoms with E-state index < -0.39 is 6.10 Å². The summed E-state index contributed by atoms with van der Waals surface area (Å²) in [6.45, 7) is 6.42. The zero-order chi connectivity index (χ0) is 14.0. The van der Waals surface area contributed by atoms with Gasteiger partial charge in [-0.3, -0.25) is 4.79 Å². The lowest BCUT2D eigenvalue weighted by Gasteiger charge is -2.14. The number of aliphatic hydroxyl groups is 1. The van der Waals surface area contributed by atoms with Crippen molar-refractivity contribution in [2.75, 3.05) is 0 Å². The Morgan fingerprint density at radius 1 is 1.53 bits per heavy atom. The average Bonchev–Trinajstić information content (AvgIpc) is 2.93. The van der Waals surface area contributed by atoms with E-state index in [0.717, 1.165) is 18.6 Å². The number of hydrogen-bond donors (Lipinski definition) is 2. The van der Waals surface area contributed by atoms with Gasteiger partial charge in [0.2, 0.25) is 11.8 Å². The van der Waals surface area contributed by atoms with Crippen LogP contribution in [-0.4, -0.2) is 22.1 Å². The van der Waals surface area contributed by atoms with Crippen molar-refractivity contribution in [3.8, 4) is 0 Å². The summed E-state index contributed by atoms with van der Waals surface area (Å²) < 4.78 is 5.60. The van der Waals surface area contributed by atoms with Crippen LogP contribution in [0.3, 0.4) is 0 Å². The molecule has 0 aromatic carbocycles. The van der Waals surface area contributed by atoms with Crippen LogP contribution < -0.4 is 5.32 Å². The highest BCUT2D eigenvalue weighted by atomic mass is 16.4. The summed E-state index contributed by atoms with van der Waals surface area (Å²) in [7, 11) is 0. The Morgan fingerprint density at radius 3 is 2.79 bits per heavy atom. The van der Waals surface area contributed by atoms with Gasteiger partial charge < -0.3 is 14.8 Å². The molecule has 0 aliphatic heterocycles. The molecule has 5 nitrogen and oxygen atoms in total. The molecule has 1 heterocycles. The van der Waals surface area contributed by atoms with Crippen molar-refractivity contribution in [1.29, 1.82) is 0 Å². The Labute approximate surface area is 113 Å². The number of aliphatic hydroxyl groups excluding tert-OH is 1. The molecule has 0 bridgehead atoms. The SMILES string of the molecule is CC(C)(C)c1cnc(CNC(=O)C2CCCC2O)o1. The van der Waals surface area contributed by atoms with E-state index in [9.17, 15) is 9.90 Å². The Balaban J connectivity index is 1.88. The fourth-order valence-electron chi connectivity index (χ4n) is 2.28. The molecule has 5 heteroatoms. The summed E-state index contributed by atoms with van der Waals surface area (Å²) in [5.74, 6) is 0.918. The van der Waals surface area contributed by atoms with Crippen LogP contribution in [0.4, 0.5) is 0 Å². The molecule has 2 unspecified atom stereocenters. The molecule has 0 radical (unpaired) electrons. The lowest BCUT2D eigenvalue weighted by molar-refractivity contribution is -0.127. The molecule has 106 valence electrons. The van der Waals surface area contributed by atoms with Crippen LogP contribution in [0.15, 0.2) is 10.6 Å². The van der Waals surface area contributed by atoms with Crippen molar-refractivity contribution in [1.82, 2.24) is 10.3 Å². The number of nitrogens with one attached hydrogen (secondary N) is 1. The number of aromatic nitrogens is 1. The molecule has 1 aromatic heterocycles. The van der Waals surface area contributed by atoms with Gasteiger partial charge in [0, 0.05) is 5.41 Å². The standard InChI is InChI=1S/C14H22N2O3/c1-14(2,3)11-7-15-12(19-11)8-16-13(18)9-5-4-6-10(9)17/h7,9-10,17H,4-6,8H2,1-3H3,(H,16,18). The van der Waals surface area contributed by atoms with Crippen LogP contribution in [0.5, 0.6) is 0 Å².